The molecule has 1 heterocycles. The molecular weight excluding hydrogens is 351 g/mol. The Labute approximate surface area is 145 Å². The lowest BCUT2D eigenvalue weighted by atomic mass is 10.1. The lowest BCUT2D eigenvalue weighted by Crippen LogP contribution is -2.18. The van der Waals surface area contributed by atoms with Crippen LogP contribution in [-0.4, -0.2) is 13.0 Å². The van der Waals surface area contributed by atoms with E-state index in [0.29, 0.717) is 11.1 Å². The third kappa shape index (κ3) is 3.39. The Morgan fingerprint density at radius 2 is 1.85 bits per heavy atom. The minimum Gasteiger partial charge on any atom is -0.497 e. The van der Waals surface area contributed by atoms with Crippen molar-refractivity contribution in [3.05, 3.63) is 70.3 Å². The van der Waals surface area contributed by atoms with E-state index in [1.165, 1.54) is 37.4 Å². The number of ether oxygens (including phenoxy) is 1. The van der Waals surface area contributed by atoms with E-state index in [9.17, 15) is 22.8 Å². The van der Waals surface area contributed by atoms with E-state index in [2.05, 4.69) is 5.32 Å². The fourth-order valence-corrected chi connectivity index (χ4v) is 2.43. The van der Waals surface area contributed by atoms with Gasteiger partial charge in [0.25, 0.3) is 5.91 Å². The van der Waals surface area contributed by atoms with Crippen LogP contribution in [0.1, 0.15) is 16.1 Å². The molecule has 134 valence electrons. The highest BCUT2D eigenvalue weighted by Crippen LogP contribution is 2.34. The summed E-state index contributed by atoms with van der Waals surface area (Å²) in [6.07, 6.45) is -4.64. The van der Waals surface area contributed by atoms with Crippen molar-refractivity contribution in [1.82, 2.24) is 0 Å². The first-order chi connectivity index (χ1) is 12.3. The van der Waals surface area contributed by atoms with Crippen molar-refractivity contribution >= 4 is 22.4 Å². The van der Waals surface area contributed by atoms with Gasteiger partial charge in [0.2, 0.25) is 0 Å². The Morgan fingerprint density at radius 3 is 2.54 bits per heavy atom. The Morgan fingerprint density at radius 1 is 1.12 bits per heavy atom. The zero-order chi connectivity index (χ0) is 18.9. The molecule has 0 aliphatic heterocycles. The number of carbonyl (C=O) groups is 1. The third-order valence-electron chi connectivity index (χ3n) is 3.67. The SMILES string of the molecule is COc1ccc2c(=O)oc(C(=O)Nc3ccccc3C(F)(F)F)cc2c1. The zero-order valence-corrected chi connectivity index (χ0v) is 13.4. The van der Waals surface area contributed by atoms with E-state index in [4.69, 9.17) is 9.15 Å². The van der Waals surface area contributed by atoms with Crippen molar-refractivity contribution in [2.45, 2.75) is 6.18 Å². The molecule has 26 heavy (non-hydrogen) atoms. The maximum absolute atomic E-state index is 13.0. The van der Waals surface area contributed by atoms with Crippen LogP contribution in [0.3, 0.4) is 0 Å². The number of carbonyl (C=O) groups excluding carboxylic acids is 1. The smallest absolute Gasteiger partial charge is 0.418 e. The first-order valence-corrected chi connectivity index (χ1v) is 7.39. The van der Waals surface area contributed by atoms with Crippen LogP contribution < -0.4 is 15.7 Å². The van der Waals surface area contributed by atoms with Crippen LogP contribution in [-0.2, 0) is 6.18 Å². The van der Waals surface area contributed by atoms with E-state index >= 15 is 0 Å². The molecule has 8 heteroatoms. The van der Waals surface area contributed by atoms with Gasteiger partial charge in [0, 0.05) is 0 Å². The standard InChI is InChI=1S/C18H12F3NO4/c1-25-11-6-7-12-10(8-11)9-15(26-17(12)24)16(23)22-14-5-3-2-4-13(14)18(19,20)21/h2-9H,1H3,(H,22,23). The molecule has 3 aromatic rings. The maximum Gasteiger partial charge on any atom is 0.418 e. The average Bonchev–Trinajstić information content (AvgIpc) is 2.60. The van der Waals surface area contributed by atoms with Gasteiger partial charge in [-0.05, 0) is 41.8 Å². The number of benzene rings is 2. The number of para-hydroxylation sites is 1. The minimum atomic E-state index is -4.64. The van der Waals surface area contributed by atoms with Crippen molar-refractivity contribution in [1.29, 1.82) is 0 Å². The number of alkyl halides is 3. The number of methoxy groups -OCH3 is 1. The van der Waals surface area contributed by atoms with Crippen LogP contribution in [0.5, 0.6) is 5.75 Å². The molecule has 0 radical (unpaired) electrons. The van der Waals surface area contributed by atoms with Gasteiger partial charge in [-0.15, -0.1) is 0 Å². The van der Waals surface area contributed by atoms with Gasteiger partial charge in [-0.3, -0.25) is 4.79 Å². The molecule has 1 aromatic heterocycles. The monoisotopic (exact) mass is 363 g/mol. The Bertz CT molecular complexity index is 1040. The van der Waals surface area contributed by atoms with Crippen molar-refractivity contribution in [2.75, 3.05) is 12.4 Å². The summed E-state index contributed by atoms with van der Waals surface area (Å²) in [4.78, 5) is 24.3. The number of hydrogen-bond donors (Lipinski definition) is 1. The summed E-state index contributed by atoms with van der Waals surface area (Å²) in [6.45, 7) is 0. The van der Waals surface area contributed by atoms with Gasteiger partial charge in [0.15, 0.2) is 5.76 Å². The summed E-state index contributed by atoms with van der Waals surface area (Å²) in [5.41, 5.74) is -2.21. The zero-order valence-electron chi connectivity index (χ0n) is 13.4. The molecule has 2 aromatic carbocycles. The van der Waals surface area contributed by atoms with Gasteiger partial charge in [0.05, 0.1) is 23.7 Å². The minimum absolute atomic E-state index is 0.220. The third-order valence-corrected chi connectivity index (χ3v) is 3.67. The second-order valence-corrected chi connectivity index (χ2v) is 5.35. The lowest BCUT2D eigenvalue weighted by Gasteiger charge is -2.13. The molecule has 0 saturated carbocycles. The summed E-state index contributed by atoms with van der Waals surface area (Å²) in [5.74, 6) is -0.923. The Hall–Kier alpha value is -3.29. The van der Waals surface area contributed by atoms with Crippen LogP contribution in [0.4, 0.5) is 18.9 Å². The van der Waals surface area contributed by atoms with Crippen molar-refractivity contribution in [3.63, 3.8) is 0 Å². The van der Waals surface area contributed by atoms with Crippen LogP contribution >= 0.6 is 0 Å². The molecule has 0 saturated heterocycles. The van der Waals surface area contributed by atoms with Crippen LogP contribution in [0.15, 0.2) is 57.7 Å². The number of hydrogen-bond acceptors (Lipinski definition) is 4. The number of anilines is 1. The van der Waals surface area contributed by atoms with E-state index in [-0.39, 0.29) is 5.39 Å². The highest BCUT2D eigenvalue weighted by atomic mass is 19.4. The number of rotatable bonds is 3. The average molecular weight is 363 g/mol. The number of fused-ring (bicyclic) bond motifs is 1. The van der Waals surface area contributed by atoms with Crippen LogP contribution in [0, 0.1) is 0 Å². The first kappa shape index (κ1) is 17.5. The van der Waals surface area contributed by atoms with Gasteiger partial charge >= 0.3 is 11.8 Å². The molecule has 0 fully saturated rings. The molecule has 0 atom stereocenters. The quantitative estimate of drug-likeness (QED) is 0.762. The molecule has 3 rings (SSSR count). The number of amides is 1. The fraction of sp³-hybridized carbons (Fsp3) is 0.111. The second kappa shape index (κ2) is 6.55. The van der Waals surface area contributed by atoms with E-state index < -0.39 is 34.7 Å². The molecule has 0 spiro atoms. The molecule has 1 N–H and O–H groups in total. The second-order valence-electron chi connectivity index (χ2n) is 5.35. The van der Waals surface area contributed by atoms with Gasteiger partial charge in [-0.25, -0.2) is 4.79 Å². The predicted octanol–water partition coefficient (Wildman–Crippen LogP) is 4.07. The van der Waals surface area contributed by atoms with Crippen molar-refractivity contribution in [3.8, 4) is 5.75 Å². The van der Waals surface area contributed by atoms with Gasteiger partial charge in [-0.2, -0.15) is 13.2 Å². The van der Waals surface area contributed by atoms with Crippen LogP contribution in [0.2, 0.25) is 0 Å². The normalized spacial score (nSPS) is 11.4. The summed E-state index contributed by atoms with van der Waals surface area (Å²) >= 11 is 0. The first-order valence-electron chi connectivity index (χ1n) is 7.39. The lowest BCUT2D eigenvalue weighted by molar-refractivity contribution is -0.136. The summed E-state index contributed by atoms with van der Waals surface area (Å²) in [7, 11) is 1.44. The Balaban J connectivity index is 2.00. The van der Waals surface area contributed by atoms with E-state index in [0.717, 1.165) is 12.1 Å². The number of nitrogens with one attached hydrogen (secondary N) is 1. The summed E-state index contributed by atoms with van der Waals surface area (Å²) in [5, 5.41) is 2.72. The highest BCUT2D eigenvalue weighted by Gasteiger charge is 2.33. The molecular formula is C18H12F3NO4. The van der Waals surface area contributed by atoms with Crippen molar-refractivity contribution in [2.24, 2.45) is 0 Å². The van der Waals surface area contributed by atoms with Gasteiger partial charge < -0.3 is 14.5 Å². The van der Waals surface area contributed by atoms with E-state index in [1.54, 1.807) is 6.07 Å². The Kier molecular flexibility index (Phi) is 4.41. The van der Waals surface area contributed by atoms with Crippen molar-refractivity contribution < 1.29 is 27.1 Å². The molecule has 0 unspecified atom stereocenters. The summed E-state index contributed by atoms with van der Waals surface area (Å²) < 4.78 is 49.0. The van der Waals surface area contributed by atoms with Gasteiger partial charge in [-0.1, -0.05) is 12.1 Å². The molecule has 0 aliphatic rings. The number of halogens is 3. The van der Waals surface area contributed by atoms with E-state index in [1.807, 2.05) is 0 Å². The predicted molar refractivity (Wildman–Crippen MR) is 88.4 cm³/mol. The largest absolute Gasteiger partial charge is 0.497 e. The fourth-order valence-electron chi connectivity index (χ4n) is 2.43. The molecule has 1 amide bonds. The molecule has 0 aliphatic carbocycles. The van der Waals surface area contributed by atoms with Crippen LogP contribution in [0.25, 0.3) is 10.8 Å². The van der Waals surface area contributed by atoms with Gasteiger partial charge in [0.1, 0.15) is 5.75 Å². The topological polar surface area (TPSA) is 68.5 Å². The maximum atomic E-state index is 13.0. The summed E-state index contributed by atoms with van der Waals surface area (Å²) in [6, 6.07) is 10.3. The molecule has 0 bridgehead atoms. The molecule has 5 nitrogen and oxygen atoms in total. The highest BCUT2D eigenvalue weighted by molar-refractivity contribution is 6.04.